The number of rotatable bonds is 4. The van der Waals surface area contributed by atoms with Crippen LogP contribution in [0.3, 0.4) is 0 Å². The van der Waals surface area contributed by atoms with Gasteiger partial charge in [-0.25, -0.2) is 0 Å². The van der Waals surface area contributed by atoms with Gasteiger partial charge >= 0.3 is 11.9 Å². The first-order chi connectivity index (χ1) is 5.41. The van der Waals surface area contributed by atoms with E-state index in [4.69, 9.17) is 15.3 Å². The number of aliphatic hydroxyl groups is 3. The maximum atomic E-state index is 10.6. The van der Waals surface area contributed by atoms with Crippen molar-refractivity contribution >= 4 is 21.9 Å². The molecule has 0 aliphatic heterocycles. The maximum absolute atomic E-state index is 10.6. The lowest BCUT2D eigenvalue weighted by Crippen LogP contribution is -2.44. The monoisotopic (exact) mass is 242 g/mol. The largest absolute Gasteiger partial charge is 0.453 e. The number of carbonyl (C=O) groups excluding carboxylic acids is 1. The topological polar surface area (TPSA) is 87.0 Å². The van der Waals surface area contributed by atoms with E-state index in [0.717, 1.165) is 0 Å². The van der Waals surface area contributed by atoms with Crippen LogP contribution in [0.25, 0.3) is 0 Å². The van der Waals surface area contributed by atoms with Gasteiger partial charge in [-0.2, -0.15) is 0 Å². The van der Waals surface area contributed by atoms with Crippen LogP contribution in [0.5, 0.6) is 0 Å². The summed E-state index contributed by atoms with van der Waals surface area (Å²) in [7, 11) is 0. The molecule has 0 bridgehead atoms. The summed E-state index contributed by atoms with van der Waals surface area (Å²) in [6.07, 6.45) is -1.20. The van der Waals surface area contributed by atoms with Crippen LogP contribution in [0.2, 0.25) is 0 Å². The van der Waals surface area contributed by atoms with Crippen LogP contribution >= 0.6 is 15.9 Å². The van der Waals surface area contributed by atoms with Crippen molar-refractivity contribution in [3.63, 3.8) is 0 Å². The Bertz CT molecular complexity index is 153. The second kappa shape index (κ2) is 4.76. The van der Waals surface area contributed by atoms with Crippen molar-refractivity contribution in [1.29, 1.82) is 0 Å². The zero-order valence-corrected chi connectivity index (χ0v) is 8.11. The van der Waals surface area contributed by atoms with Gasteiger partial charge in [-0.1, -0.05) is 22.9 Å². The number of hydrogen-bond donors (Lipinski definition) is 3. The Labute approximate surface area is 78.1 Å². The Kier molecular flexibility index (Phi) is 4.69. The number of hydrogen-bond acceptors (Lipinski definition) is 5. The van der Waals surface area contributed by atoms with Gasteiger partial charge in [0, 0.05) is 0 Å². The zero-order chi connectivity index (χ0) is 9.78. The fourth-order valence-electron chi connectivity index (χ4n) is 0.626. The summed E-state index contributed by atoms with van der Waals surface area (Å²) in [5, 5.41) is 25.9. The van der Waals surface area contributed by atoms with Gasteiger partial charge < -0.3 is 20.1 Å². The minimum Gasteiger partial charge on any atom is -0.453 e. The molecule has 3 N–H and O–H groups in total. The van der Waals surface area contributed by atoms with Crippen LogP contribution in [0.4, 0.5) is 0 Å². The van der Waals surface area contributed by atoms with E-state index in [2.05, 4.69) is 20.7 Å². The number of carbonyl (C=O) groups is 1. The molecule has 0 aromatic rings. The van der Waals surface area contributed by atoms with Crippen LogP contribution in [0.15, 0.2) is 0 Å². The Morgan fingerprint density at radius 1 is 1.58 bits per heavy atom. The molecule has 0 rings (SSSR count). The standard InChI is InChI=1S/C6H11BrO5/c1-2-4(6(9,10)11)12-5(8)3-7/h4,9-11H,2-3H2,1H3. The molecule has 0 saturated carbocycles. The second-order valence-corrected chi connectivity index (χ2v) is 2.77. The summed E-state index contributed by atoms with van der Waals surface area (Å²) in [4.78, 5) is 10.6. The summed E-state index contributed by atoms with van der Waals surface area (Å²) in [6.45, 7) is 1.55. The lowest BCUT2D eigenvalue weighted by Gasteiger charge is -2.24. The predicted molar refractivity (Wildman–Crippen MR) is 43.4 cm³/mol. The first kappa shape index (κ1) is 11.8. The molecular formula is C6H11BrO5. The van der Waals surface area contributed by atoms with Gasteiger partial charge in [0.05, 0.1) is 0 Å². The van der Waals surface area contributed by atoms with E-state index in [1.807, 2.05) is 0 Å². The van der Waals surface area contributed by atoms with Crippen LogP contribution < -0.4 is 0 Å². The van der Waals surface area contributed by atoms with E-state index >= 15 is 0 Å². The van der Waals surface area contributed by atoms with E-state index in [9.17, 15) is 4.79 Å². The molecule has 0 aromatic heterocycles. The summed E-state index contributed by atoms with van der Waals surface area (Å²) in [5.41, 5.74) is 0. The predicted octanol–water partition coefficient (Wildman–Crippen LogP) is -0.666. The molecule has 0 heterocycles. The van der Waals surface area contributed by atoms with Gasteiger partial charge in [-0.15, -0.1) is 0 Å². The average Bonchev–Trinajstić information content (AvgIpc) is 1.97. The molecule has 0 aliphatic carbocycles. The number of alkyl halides is 1. The van der Waals surface area contributed by atoms with Crippen molar-refractivity contribution < 1.29 is 24.9 Å². The first-order valence-electron chi connectivity index (χ1n) is 3.34. The van der Waals surface area contributed by atoms with E-state index in [-0.39, 0.29) is 11.8 Å². The van der Waals surface area contributed by atoms with Crippen molar-refractivity contribution in [2.75, 3.05) is 5.33 Å². The van der Waals surface area contributed by atoms with E-state index in [1.54, 1.807) is 6.92 Å². The highest BCUT2D eigenvalue weighted by Crippen LogP contribution is 2.11. The third kappa shape index (κ3) is 4.01. The van der Waals surface area contributed by atoms with Gasteiger partial charge in [0.1, 0.15) is 5.33 Å². The lowest BCUT2D eigenvalue weighted by atomic mass is 10.2. The molecule has 5 nitrogen and oxygen atoms in total. The van der Waals surface area contributed by atoms with Crippen LogP contribution in [-0.4, -0.2) is 38.7 Å². The Morgan fingerprint density at radius 2 is 2.08 bits per heavy atom. The third-order valence-corrected chi connectivity index (χ3v) is 1.64. The third-order valence-electron chi connectivity index (χ3n) is 1.19. The average molecular weight is 243 g/mol. The maximum Gasteiger partial charge on any atom is 0.317 e. The number of ether oxygens (including phenoxy) is 1. The normalized spacial score (nSPS) is 14.1. The summed E-state index contributed by atoms with van der Waals surface area (Å²) in [5.74, 6) is -3.63. The van der Waals surface area contributed by atoms with Crippen LogP contribution in [-0.2, 0) is 9.53 Å². The highest BCUT2D eigenvalue weighted by atomic mass is 79.9. The molecule has 6 heteroatoms. The molecule has 0 amide bonds. The Hall–Kier alpha value is -0.170. The van der Waals surface area contributed by atoms with E-state index < -0.39 is 18.0 Å². The zero-order valence-electron chi connectivity index (χ0n) is 6.53. The van der Waals surface area contributed by atoms with Gasteiger partial charge in [0.15, 0.2) is 6.10 Å². The molecule has 0 saturated heterocycles. The molecule has 0 aliphatic rings. The van der Waals surface area contributed by atoms with Gasteiger partial charge in [0.25, 0.3) is 0 Å². The molecule has 0 fully saturated rings. The summed E-state index contributed by atoms with van der Waals surface area (Å²) in [6, 6.07) is 0. The molecule has 1 atom stereocenters. The molecular weight excluding hydrogens is 232 g/mol. The smallest absolute Gasteiger partial charge is 0.317 e. The molecule has 0 radical (unpaired) electrons. The first-order valence-corrected chi connectivity index (χ1v) is 4.46. The van der Waals surface area contributed by atoms with Crippen molar-refractivity contribution in [2.24, 2.45) is 0 Å². The fourth-order valence-corrected chi connectivity index (χ4v) is 0.759. The number of halogens is 1. The lowest BCUT2D eigenvalue weighted by molar-refractivity contribution is -0.355. The van der Waals surface area contributed by atoms with Gasteiger partial charge in [0.2, 0.25) is 0 Å². The highest BCUT2D eigenvalue weighted by molar-refractivity contribution is 9.09. The van der Waals surface area contributed by atoms with Crippen LogP contribution in [0.1, 0.15) is 13.3 Å². The summed E-state index contributed by atoms with van der Waals surface area (Å²) >= 11 is 2.82. The second-order valence-electron chi connectivity index (χ2n) is 2.21. The highest BCUT2D eigenvalue weighted by Gasteiger charge is 2.33. The Morgan fingerprint density at radius 3 is 2.33 bits per heavy atom. The van der Waals surface area contributed by atoms with E-state index in [1.165, 1.54) is 0 Å². The van der Waals surface area contributed by atoms with Gasteiger partial charge in [-0.3, -0.25) is 4.79 Å². The molecule has 1 unspecified atom stereocenters. The molecule has 0 aromatic carbocycles. The summed E-state index contributed by atoms with van der Waals surface area (Å²) < 4.78 is 4.48. The molecule has 12 heavy (non-hydrogen) atoms. The van der Waals surface area contributed by atoms with Gasteiger partial charge in [-0.05, 0) is 6.42 Å². The molecule has 0 spiro atoms. The quantitative estimate of drug-likeness (QED) is 0.346. The van der Waals surface area contributed by atoms with E-state index in [0.29, 0.717) is 0 Å². The molecule has 72 valence electrons. The minimum absolute atomic E-state index is 0.0560. The van der Waals surface area contributed by atoms with Crippen molar-refractivity contribution in [2.45, 2.75) is 25.4 Å². The Balaban J connectivity index is 4.09. The van der Waals surface area contributed by atoms with Crippen molar-refractivity contribution in [3.8, 4) is 0 Å². The SMILES string of the molecule is CCC(OC(=O)CBr)C(O)(O)O. The minimum atomic E-state index is -2.97. The number of esters is 1. The van der Waals surface area contributed by atoms with Crippen LogP contribution in [0, 0.1) is 0 Å². The fraction of sp³-hybridized carbons (Fsp3) is 0.833. The van der Waals surface area contributed by atoms with Crippen molar-refractivity contribution in [3.05, 3.63) is 0 Å². The van der Waals surface area contributed by atoms with Crippen molar-refractivity contribution in [1.82, 2.24) is 0 Å².